The van der Waals surface area contributed by atoms with Gasteiger partial charge in [0.25, 0.3) is 0 Å². The Bertz CT molecular complexity index is 992. The van der Waals surface area contributed by atoms with Gasteiger partial charge in [0.15, 0.2) is 5.52 Å². The Morgan fingerprint density at radius 1 is 1.17 bits per heavy atom. The molecule has 1 aromatic carbocycles. The molecule has 0 unspecified atom stereocenters. The van der Waals surface area contributed by atoms with Crippen molar-refractivity contribution >= 4 is 30.3 Å². The van der Waals surface area contributed by atoms with Crippen LogP contribution in [0.3, 0.4) is 0 Å². The number of methoxy groups -OCH3 is 2. The molecule has 0 bridgehead atoms. The first kappa shape index (κ1) is 22.8. The molecule has 0 aliphatic carbocycles. The smallest absolute Gasteiger partial charge is 0.497 e. The zero-order valence-electron chi connectivity index (χ0n) is 16.2. The molecule has 2 N–H and O–H groups in total. The summed E-state index contributed by atoms with van der Waals surface area (Å²) in [5.74, 6) is 2.73. The largest absolute Gasteiger partial charge is 0.673 e. The van der Waals surface area contributed by atoms with Crippen LogP contribution in [0.5, 0.6) is 11.5 Å². The number of H-pyrrole nitrogens is 1. The number of ether oxygens (including phenoxy) is 2. The summed E-state index contributed by atoms with van der Waals surface area (Å²) < 4.78 is 61.1. The summed E-state index contributed by atoms with van der Waals surface area (Å²) in [7, 11) is -2.71. The van der Waals surface area contributed by atoms with Crippen molar-refractivity contribution in [3.63, 3.8) is 0 Å². The lowest BCUT2D eigenvalue weighted by atomic mass is 10.1. The Balaban J connectivity index is 0.000000537. The number of benzene rings is 1. The molecule has 3 rings (SSSR count). The van der Waals surface area contributed by atoms with Gasteiger partial charge < -0.3 is 31.3 Å². The van der Waals surface area contributed by atoms with Crippen molar-refractivity contribution in [3.8, 4) is 17.4 Å². The van der Waals surface area contributed by atoms with E-state index < -0.39 is 7.25 Å². The second-order valence-corrected chi connectivity index (χ2v) is 6.55. The summed E-state index contributed by atoms with van der Waals surface area (Å²) in [4.78, 5) is 7.98. The maximum absolute atomic E-state index is 9.75. The Labute approximate surface area is 169 Å². The molecular formula is C17H20BF4N3O3S. The summed E-state index contributed by atoms with van der Waals surface area (Å²) in [6.45, 7) is 3.98. The van der Waals surface area contributed by atoms with Gasteiger partial charge in [-0.15, -0.1) is 0 Å². The Kier molecular flexibility index (Phi) is 7.36. The van der Waals surface area contributed by atoms with Gasteiger partial charge in [0, 0.05) is 17.2 Å². The average molecular weight is 433 g/mol. The summed E-state index contributed by atoms with van der Waals surface area (Å²) in [6, 6.07) is 5.71. The molecule has 2 aromatic heterocycles. The second-order valence-electron chi connectivity index (χ2n) is 6.00. The monoisotopic (exact) mass is 433 g/mol. The van der Waals surface area contributed by atoms with E-state index in [4.69, 9.17) is 9.47 Å². The van der Waals surface area contributed by atoms with Crippen molar-refractivity contribution in [1.82, 2.24) is 9.97 Å². The molecular weight excluding hydrogens is 413 g/mol. The van der Waals surface area contributed by atoms with Crippen molar-refractivity contribution in [2.24, 2.45) is 0 Å². The number of imidazole rings is 1. The first-order valence-electron chi connectivity index (χ1n) is 8.35. The van der Waals surface area contributed by atoms with E-state index in [2.05, 4.69) is 9.97 Å². The van der Waals surface area contributed by atoms with Crippen molar-refractivity contribution in [3.05, 3.63) is 41.2 Å². The summed E-state index contributed by atoms with van der Waals surface area (Å²) >= 11 is 0.778. The van der Waals surface area contributed by atoms with E-state index in [0.29, 0.717) is 11.7 Å². The molecule has 0 radical (unpaired) electrons. The molecule has 2 heterocycles. The molecule has 0 amide bonds. The maximum Gasteiger partial charge on any atom is 0.673 e. The fraction of sp³-hybridized carbons (Fsp3) is 0.294. The lowest BCUT2D eigenvalue weighted by Crippen LogP contribution is -2.38. The van der Waals surface area contributed by atoms with Crippen LogP contribution >= 0.6 is 12.0 Å². The minimum absolute atomic E-state index is 0.433. The van der Waals surface area contributed by atoms with Crippen LogP contribution in [0.4, 0.5) is 17.3 Å². The van der Waals surface area contributed by atoms with Crippen LogP contribution < -0.4 is 14.0 Å². The quantitative estimate of drug-likeness (QED) is 0.269. The fourth-order valence-corrected chi connectivity index (χ4v) is 3.37. The fourth-order valence-electron chi connectivity index (χ4n) is 2.90. The van der Waals surface area contributed by atoms with E-state index in [1.165, 1.54) is 0 Å². The first-order valence-corrected chi connectivity index (χ1v) is 9.29. The molecule has 0 atom stereocenters. The molecule has 0 saturated carbocycles. The zero-order valence-corrected chi connectivity index (χ0v) is 17.0. The van der Waals surface area contributed by atoms with Gasteiger partial charge in [-0.05, 0) is 38.0 Å². The number of aryl methyl sites for hydroxylation is 1. The van der Waals surface area contributed by atoms with E-state index in [1.54, 1.807) is 14.2 Å². The van der Waals surface area contributed by atoms with E-state index in [9.17, 15) is 21.8 Å². The highest BCUT2D eigenvalue weighted by Gasteiger charge is 2.22. The lowest BCUT2D eigenvalue weighted by molar-refractivity contribution is -0.611. The van der Waals surface area contributed by atoms with Gasteiger partial charge in [0.2, 0.25) is 0 Å². The van der Waals surface area contributed by atoms with Crippen molar-refractivity contribution in [2.45, 2.75) is 19.6 Å². The molecule has 0 fully saturated rings. The highest BCUT2D eigenvalue weighted by Crippen LogP contribution is 2.26. The minimum Gasteiger partial charge on any atom is -0.497 e. The third-order valence-corrected chi connectivity index (χ3v) is 4.46. The van der Waals surface area contributed by atoms with E-state index in [1.807, 2.05) is 42.8 Å². The molecule has 0 spiro atoms. The number of aromatic nitrogens is 3. The number of nitrogens with one attached hydrogen (secondary N) is 1. The highest BCUT2D eigenvalue weighted by atomic mass is 32.2. The number of aromatic amines is 1. The van der Waals surface area contributed by atoms with Crippen LogP contribution in [0.2, 0.25) is 0 Å². The zero-order chi connectivity index (χ0) is 21.8. The molecule has 6 nitrogen and oxygen atoms in total. The van der Waals surface area contributed by atoms with Crippen molar-refractivity contribution in [2.75, 3.05) is 14.2 Å². The number of nitrogens with zero attached hydrogens (tertiary/aromatic N) is 2. The summed E-state index contributed by atoms with van der Waals surface area (Å²) in [6.07, 6.45) is 1.96. The standard InChI is InChI=1S/C17H19N3O3S.BF4/c1-10-8-20(15(9-24-21)11(2)16(10)23-4)17-18-13-6-5-12(22-3)7-14(13)19-17;2-1(3,4)5/h5-8H,9H2,1-4H3,(H-,18,19,21);/q;-1/p+1. The molecule has 12 heteroatoms. The third kappa shape index (κ3) is 5.76. The van der Waals surface area contributed by atoms with Crippen LogP contribution in [-0.4, -0.2) is 36.0 Å². The number of rotatable bonds is 5. The lowest BCUT2D eigenvalue weighted by Gasteiger charge is -2.14. The Morgan fingerprint density at radius 2 is 1.83 bits per heavy atom. The van der Waals surface area contributed by atoms with Gasteiger partial charge in [-0.2, -0.15) is 0 Å². The predicted molar refractivity (Wildman–Crippen MR) is 104 cm³/mol. The minimum atomic E-state index is -6.00. The van der Waals surface area contributed by atoms with Gasteiger partial charge >= 0.3 is 13.2 Å². The Hall–Kier alpha value is -2.47. The van der Waals surface area contributed by atoms with Crippen LogP contribution in [0.1, 0.15) is 16.8 Å². The first-order chi connectivity index (χ1) is 13.6. The SMILES string of the molecule is COc1ccc2nc(-[n+]3cc(C)c(OC)c(C)c3CSO)[nH]c2c1.F[B-](F)(F)F. The maximum atomic E-state index is 9.75. The average Bonchev–Trinajstić information content (AvgIpc) is 3.05. The normalized spacial score (nSPS) is 11.2. The van der Waals surface area contributed by atoms with Crippen molar-refractivity contribution < 1.29 is 35.9 Å². The molecule has 3 aromatic rings. The van der Waals surface area contributed by atoms with Crippen LogP contribution in [0.25, 0.3) is 17.0 Å². The molecule has 0 aliphatic heterocycles. The van der Waals surface area contributed by atoms with E-state index in [0.717, 1.165) is 51.4 Å². The number of halogens is 4. The predicted octanol–water partition coefficient (Wildman–Crippen LogP) is 4.48. The third-order valence-electron chi connectivity index (χ3n) is 4.06. The van der Waals surface area contributed by atoms with E-state index in [-0.39, 0.29) is 0 Å². The Morgan fingerprint density at radius 3 is 2.38 bits per heavy atom. The molecule has 29 heavy (non-hydrogen) atoms. The highest BCUT2D eigenvalue weighted by molar-refractivity contribution is 7.92. The van der Waals surface area contributed by atoms with Gasteiger partial charge in [-0.3, -0.25) is 0 Å². The van der Waals surface area contributed by atoms with Gasteiger partial charge in [0.05, 0.1) is 26.2 Å². The van der Waals surface area contributed by atoms with Crippen molar-refractivity contribution in [1.29, 1.82) is 0 Å². The summed E-state index contributed by atoms with van der Waals surface area (Å²) in [5, 5.41) is 0. The van der Waals surface area contributed by atoms with Crippen LogP contribution in [0, 0.1) is 13.8 Å². The summed E-state index contributed by atoms with van der Waals surface area (Å²) in [5.41, 5.74) is 4.66. The number of hydrogen-bond acceptors (Lipinski definition) is 5. The molecule has 0 saturated heterocycles. The second kappa shape index (κ2) is 9.36. The topological polar surface area (TPSA) is 71.2 Å². The van der Waals surface area contributed by atoms with Gasteiger partial charge in [-0.1, -0.05) is 4.98 Å². The molecule has 0 aliphatic rings. The number of fused-ring (bicyclic) bond motifs is 1. The molecule has 158 valence electrons. The van der Waals surface area contributed by atoms with Gasteiger partial charge in [0.1, 0.15) is 22.7 Å². The van der Waals surface area contributed by atoms with Gasteiger partial charge in [-0.25, -0.2) is 9.55 Å². The van der Waals surface area contributed by atoms with Crippen LogP contribution in [0.15, 0.2) is 24.4 Å². The van der Waals surface area contributed by atoms with E-state index >= 15 is 0 Å². The van der Waals surface area contributed by atoms with Crippen LogP contribution in [-0.2, 0) is 5.75 Å². The number of pyridine rings is 1. The number of hydrogen-bond donors (Lipinski definition) is 2.